The molecule has 5 rings (SSSR count). The summed E-state index contributed by atoms with van der Waals surface area (Å²) >= 11 is 0. The van der Waals surface area contributed by atoms with Crippen LogP contribution in [0, 0.1) is 0 Å². The lowest BCUT2D eigenvalue weighted by Crippen LogP contribution is -2.59. The normalized spacial score (nSPS) is 24.8. The number of hydrogen-bond acceptors (Lipinski definition) is 4. The molecule has 3 atom stereocenters. The van der Waals surface area contributed by atoms with Crippen molar-refractivity contribution in [2.75, 3.05) is 20.2 Å². The largest absolute Gasteiger partial charge is 0.497 e. The molecule has 2 saturated heterocycles. The van der Waals surface area contributed by atoms with Gasteiger partial charge in [0.05, 0.1) is 13.2 Å². The molecule has 1 amide bonds. The minimum Gasteiger partial charge on any atom is -0.497 e. The van der Waals surface area contributed by atoms with Gasteiger partial charge < -0.3 is 15.4 Å². The van der Waals surface area contributed by atoms with Crippen LogP contribution in [0.15, 0.2) is 48.5 Å². The van der Waals surface area contributed by atoms with E-state index < -0.39 is 0 Å². The summed E-state index contributed by atoms with van der Waals surface area (Å²) in [5.41, 5.74) is 3.23. The summed E-state index contributed by atoms with van der Waals surface area (Å²) in [5, 5.41) is 7.05. The van der Waals surface area contributed by atoms with Crippen molar-refractivity contribution in [1.82, 2.24) is 15.5 Å². The summed E-state index contributed by atoms with van der Waals surface area (Å²) in [6.45, 7) is 2.09. The monoisotopic (exact) mass is 447 g/mol. The smallest absolute Gasteiger partial charge is 0.251 e. The lowest BCUT2D eigenvalue weighted by atomic mass is 9.89. The van der Waals surface area contributed by atoms with Crippen molar-refractivity contribution in [1.29, 1.82) is 0 Å². The molecule has 2 aromatic carbocycles. The summed E-state index contributed by atoms with van der Waals surface area (Å²) in [5.74, 6) is 0.944. The number of fused-ring (bicyclic) bond motifs is 2. The SMILES string of the molecule is COc1cccc(C(c2ccc(C(=O)NC3CCCCC3)cc2)N2CC3CCCC(C2)N3)c1. The van der Waals surface area contributed by atoms with E-state index >= 15 is 0 Å². The fourth-order valence-corrected chi connectivity index (χ4v) is 6.01. The van der Waals surface area contributed by atoms with Crippen molar-refractivity contribution in [3.63, 3.8) is 0 Å². The van der Waals surface area contributed by atoms with Gasteiger partial charge in [0.1, 0.15) is 5.75 Å². The Morgan fingerprint density at radius 2 is 1.67 bits per heavy atom. The molecule has 5 heteroatoms. The van der Waals surface area contributed by atoms with Crippen molar-refractivity contribution in [2.45, 2.75) is 75.5 Å². The van der Waals surface area contributed by atoms with Gasteiger partial charge in [-0.05, 0) is 61.1 Å². The van der Waals surface area contributed by atoms with E-state index in [9.17, 15) is 4.79 Å². The van der Waals surface area contributed by atoms with Crippen LogP contribution in [0.1, 0.15) is 78.9 Å². The number of hydrogen-bond donors (Lipinski definition) is 2. The highest BCUT2D eigenvalue weighted by Gasteiger charge is 2.34. The molecular formula is C28H37N3O2. The summed E-state index contributed by atoms with van der Waals surface area (Å²) in [4.78, 5) is 15.5. The van der Waals surface area contributed by atoms with Crippen molar-refractivity contribution in [3.8, 4) is 5.75 Å². The third kappa shape index (κ3) is 5.25. The second-order valence-corrected chi connectivity index (χ2v) is 10.1. The van der Waals surface area contributed by atoms with Crippen LogP contribution in [0.3, 0.4) is 0 Å². The van der Waals surface area contributed by atoms with E-state index in [0.717, 1.165) is 37.2 Å². The topological polar surface area (TPSA) is 53.6 Å². The zero-order valence-corrected chi connectivity index (χ0v) is 19.8. The number of rotatable bonds is 6. The number of amides is 1. The highest BCUT2D eigenvalue weighted by atomic mass is 16.5. The summed E-state index contributed by atoms with van der Waals surface area (Å²) in [6.07, 6.45) is 9.76. The number of methoxy groups -OCH3 is 1. The maximum absolute atomic E-state index is 12.8. The van der Waals surface area contributed by atoms with E-state index in [1.54, 1.807) is 7.11 Å². The van der Waals surface area contributed by atoms with Gasteiger partial charge >= 0.3 is 0 Å². The quantitative estimate of drug-likeness (QED) is 0.676. The molecule has 3 unspecified atom stereocenters. The molecule has 5 nitrogen and oxygen atoms in total. The van der Waals surface area contributed by atoms with Crippen molar-refractivity contribution in [3.05, 3.63) is 65.2 Å². The molecule has 0 aromatic heterocycles. The molecule has 2 heterocycles. The molecule has 3 fully saturated rings. The molecule has 2 N–H and O–H groups in total. The van der Waals surface area contributed by atoms with Gasteiger partial charge in [-0.25, -0.2) is 0 Å². The second kappa shape index (κ2) is 10.3. The van der Waals surface area contributed by atoms with Gasteiger partial charge in [-0.15, -0.1) is 0 Å². The molecule has 1 saturated carbocycles. The van der Waals surface area contributed by atoms with Crippen LogP contribution in [0.5, 0.6) is 5.75 Å². The number of carbonyl (C=O) groups excluding carboxylic acids is 1. The Bertz CT molecular complexity index is 926. The fourth-order valence-electron chi connectivity index (χ4n) is 6.01. The van der Waals surface area contributed by atoms with E-state index in [-0.39, 0.29) is 11.9 Å². The van der Waals surface area contributed by atoms with Crippen molar-refractivity contribution >= 4 is 5.91 Å². The Morgan fingerprint density at radius 1 is 0.939 bits per heavy atom. The van der Waals surface area contributed by atoms with Crippen LogP contribution in [-0.4, -0.2) is 49.1 Å². The zero-order valence-electron chi connectivity index (χ0n) is 19.8. The van der Waals surface area contributed by atoms with Crippen LogP contribution in [0.25, 0.3) is 0 Å². The van der Waals surface area contributed by atoms with Gasteiger partial charge in [0.25, 0.3) is 5.91 Å². The Morgan fingerprint density at radius 3 is 2.36 bits per heavy atom. The van der Waals surface area contributed by atoms with Gasteiger partial charge in [-0.1, -0.05) is 49.9 Å². The lowest BCUT2D eigenvalue weighted by Gasteiger charge is -2.46. The predicted octanol–water partition coefficient (Wildman–Crippen LogP) is 4.67. The number of likely N-dealkylation sites (tertiary alicyclic amines) is 1. The first-order valence-electron chi connectivity index (χ1n) is 12.7. The molecule has 2 aliphatic heterocycles. The molecule has 33 heavy (non-hydrogen) atoms. The van der Waals surface area contributed by atoms with Gasteiger partial charge in [0, 0.05) is 36.8 Å². The van der Waals surface area contributed by atoms with Crippen LogP contribution in [-0.2, 0) is 0 Å². The number of piperidine rings is 1. The Labute approximate surface area is 197 Å². The average molecular weight is 448 g/mol. The number of nitrogens with zero attached hydrogens (tertiary/aromatic N) is 1. The Kier molecular flexibility index (Phi) is 6.98. The molecular weight excluding hydrogens is 410 g/mol. The van der Waals surface area contributed by atoms with Crippen LogP contribution >= 0.6 is 0 Å². The average Bonchev–Trinajstić information content (AvgIpc) is 2.85. The summed E-state index contributed by atoms with van der Waals surface area (Å²) < 4.78 is 5.54. The van der Waals surface area contributed by atoms with E-state index in [1.807, 2.05) is 18.2 Å². The Hall–Kier alpha value is -2.37. The van der Waals surface area contributed by atoms with Crippen molar-refractivity contribution < 1.29 is 9.53 Å². The number of piperazine rings is 1. The predicted molar refractivity (Wildman–Crippen MR) is 132 cm³/mol. The standard InChI is InChI=1S/C28H37N3O2/c1-33-26-12-5-7-22(17-26)27(31-18-24-10-6-11-25(19-31)29-24)20-13-15-21(16-14-20)28(32)30-23-8-3-2-4-9-23/h5,7,12-17,23-25,27,29H,2-4,6,8-11,18-19H2,1H3,(H,30,32). The third-order valence-corrected chi connectivity index (χ3v) is 7.69. The van der Waals surface area contributed by atoms with Gasteiger partial charge in [-0.3, -0.25) is 9.69 Å². The third-order valence-electron chi connectivity index (χ3n) is 7.69. The molecule has 0 spiro atoms. The maximum Gasteiger partial charge on any atom is 0.251 e. The number of nitrogens with one attached hydrogen (secondary N) is 2. The van der Waals surface area contributed by atoms with E-state index in [0.29, 0.717) is 18.1 Å². The fraction of sp³-hybridized carbons (Fsp3) is 0.536. The van der Waals surface area contributed by atoms with Crippen molar-refractivity contribution in [2.24, 2.45) is 0 Å². The number of carbonyl (C=O) groups is 1. The molecule has 3 aliphatic rings. The molecule has 176 valence electrons. The van der Waals surface area contributed by atoms with E-state index in [1.165, 1.54) is 49.7 Å². The second-order valence-electron chi connectivity index (χ2n) is 10.1. The minimum absolute atomic E-state index is 0.0584. The highest BCUT2D eigenvalue weighted by Crippen LogP contribution is 2.34. The number of benzene rings is 2. The van der Waals surface area contributed by atoms with Gasteiger partial charge in [0.2, 0.25) is 0 Å². The maximum atomic E-state index is 12.8. The summed E-state index contributed by atoms with van der Waals surface area (Å²) in [7, 11) is 1.73. The zero-order chi connectivity index (χ0) is 22.6. The highest BCUT2D eigenvalue weighted by molar-refractivity contribution is 5.94. The van der Waals surface area contributed by atoms with Gasteiger partial charge in [0.15, 0.2) is 0 Å². The molecule has 0 radical (unpaired) electrons. The first kappa shape index (κ1) is 22.4. The van der Waals surface area contributed by atoms with E-state index in [4.69, 9.17) is 4.74 Å². The Balaban J connectivity index is 1.39. The van der Waals surface area contributed by atoms with Crippen LogP contribution < -0.4 is 15.4 Å². The minimum atomic E-state index is 0.0584. The summed E-state index contributed by atoms with van der Waals surface area (Å²) in [6, 6.07) is 18.4. The first-order valence-corrected chi connectivity index (χ1v) is 12.7. The van der Waals surface area contributed by atoms with E-state index in [2.05, 4.69) is 45.9 Å². The first-order chi connectivity index (χ1) is 16.2. The molecule has 2 bridgehead atoms. The number of ether oxygens (including phenoxy) is 1. The molecule has 1 aliphatic carbocycles. The lowest BCUT2D eigenvalue weighted by molar-refractivity contribution is 0.0927. The molecule has 2 aromatic rings. The van der Waals surface area contributed by atoms with Gasteiger partial charge in [-0.2, -0.15) is 0 Å². The van der Waals surface area contributed by atoms with Crippen LogP contribution in [0.2, 0.25) is 0 Å². The van der Waals surface area contributed by atoms with Crippen LogP contribution in [0.4, 0.5) is 0 Å².